The Balaban J connectivity index is 1.65. The van der Waals surface area contributed by atoms with Crippen molar-refractivity contribution in [1.82, 2.24) is 10.2 Å². The number of hydrogen-bond donors (Lipinski definition) is 2. The highest BCUT2D eigenvalue weighted by Gasteiger charge is 2.26. The number of aliphatic hydroxyl groups is 1. The molecule has 0 saturated carbocycles. The third-order valence-electron chi connectivity index (χ3n) is 4.79. The lowest BCUT2D eigenvalue weighted by Crippen LogP contribution is -2.48. The van der Waals surface area contributed by atoms with Crippen molar-refractivity contribution in [3.05, 3.63) is 71.3 Å². The maximum absolute atomic E-state index is 12.6. The smallest absolute Gasteiger partial charge is 0.237 e. The van der Waals surface area contributed by atoms with E-state index in [1.54, 1.807) is 0 Å². The molecule has 2 aromatic carbocycles. The Morgan fingerprint density at radius 1 is 1.12 bits per heavy atom. The molecule has 0 spiro atoms. The third-order valence-corrected chi connectivity index (χ3v) is 4.79. The quantitative estimate of drug-likeness (QED) is 0.887. The minimum atomic E-state index is -0.363. The lowest BCUT2D eigenvalue weighted by atomic mass is 9.98. The second kappa shape index (κ2) is 7.60. The Bertz CT molecular complexity index is 687. The van der Waals surface area contributed by atoms with Gasteiger partial charge in [0.1, 0.15) is 0 Å². The number of aliphatic hydroxyl groups excluding tert-OH is 1. The highest BCUT2D eigenvalue weighted by molar-refractivity contribution is 5.81. The average Bonchev–Trinajstić information content (AvgIpc) is 2.65. The summed E-state index contributed by atoms with van der Waals surface area (Å²) in [6, 6.07) is 17.4. The van der Waals surface area contributed by atoms with E-state index in [-0.39, 0.29) is 24.6 Å². The molecule has 1 amide bonds. The number of hydrogen-bond acceptors (Lipinski definition) is 3. The van der Waals surface area contributed by atoms with Gasteiger partial charge in [-0.25, -0.2) is 0 Å². The van der Waals surface area contributed by atoms with Crippen LogP contribution in [-0.4, -0.2) is 35.1 Å². The van der Waals surface area contributed by atoms with Crippen LogP contribution in [0.5, 0.6) is 0 Å². The highest BCUT2D eigenvalue weighted by atomic mass is 16.3. The van der Waals surface area contributed by atoms with E-state index in [0.717, 1.165) is 25.1 Å². The molecule has 2 atom stereocenters. The van der Waals surface area contributed by atoms with Crippen molar-refractivity contribution < 1.29 is 9.90 Å². The zero-order chi connectivity index (χ0) is 16.9. The number of amides is 1. The highest BCUT2D eigenvalue weighted by Crippen LogP contribution is 2.21. The van der Waals surface area contributed by atoms with Crippen LogP contribution in [0.4, 0.5) is 0 Å². The van der Waals surface area contributed by atoms with Gasteiger partial charge in [-0.15, -0.1) is 0 Å². The number of carbonyl (C=O) groups excluding carboxylic acids is 1. The van der Waals surface area contributed by atoms with Gasteiger partial charge < -0.3 is 10.4 Å². The number of benzene rings is 2. The molecule has 0 fully saturated rings. The molecule has 126 valence electrons. The summed E-state index contributed by atoms with van der Waals surface area (Å²) in [5.41, 5.74) is 3.59. The summed E-state index contributed by atoms with van der Waals surface area (Å²) >= 11 is 0. The van der Waals surface area contributed by atoms with Crippen LogP contribution < -0.4 is 5.32 Å². The zero-order valence-corrected chi connectivity index (χ0v) is 14.0. The fraction of sp³-hybridized carbons (Fsp3) is 0.350. The fourth-order valence-corrected chi connectivity index (χ4v) is 3.23. The van der Waals surface area contributed by atoms with E-state index in [9.17, 15) is 9.90 Å². The van der Waals surface area contributed by atoms with Crippen molar-refractivity contribution in [3.8, 4) is 0 Å². The van der Waals surface area contributed by atoms with E-state index in [4.69, 9.17) is 0 Å². The van der Waals surface area contributed by atoms with Gasteiger partial charge in [-0.05, 0) is 30.0 Å². The lowest BCUT2D eigenvalue weighted by molar-refractivity contribution is -0.127. The molecule has 1 aliphatic heterocycles. The monoisotopic (exact) mass is 324 g/mol. The molecule has 2 aromatic rings. The largest absolute Gasteiger partial charge is 0.394 e. The van der Waals surface area contributed by atoms with Gasteiger partial charge in [0.15, 0.2) is 0 Å². The van der Waals surface area contributed by atoms with Crippen molar-refractivity contribution in [2.75, 3.05) is 13.2 Å². The van der Waals surface area contributed by atoms with Crippen molar-refractivity contribution in [3.63, 3.8) is 0 Å². The molecule has 0 bridgehead atoms. The molecule has 0 aromatic heterocycles. The summed E-state index contributed by atoms with van der Waals surface area (Å²) < 4.78 is 0. The summed E-state index contributed by atoms with van der Waals surface area (Å²) in [5.74, 6) is -0.0442. The minimum Gasteiger partial charge on any atom is -0.394 e. The van der Waals surface area contributed by atoms with Crippen LogP contribution in [0.25, 0.3) is 0 Å². The number of carbonyl (C=O) groups is 1. The molecule has 0 aliphatic carbocycles. The first-order chi connectivity index (χ1) is 11.7. The zero-order valence-electron chi connectivity index (χ0n) is 14.0. The van der Waals surface area contributed by atoms with Gasteiger partial charge in [-0.1, -0.05) is 54.6 Å². The van der Waals surface area contributed by atoms with Crippen LogP contribution in [0.1, 0.15) is 29.7 Å². The lowest BCUT2D eigenvalue weighted by Gasteiger charge is -2.33. The van der Waals surface area contributed by atoms with Crippen molar-refractivity contribution in [2.45, 2.75) is 32.0 Å². The first kappa shape index (κ1) is 16.7. The van der Waals surface area contributed by atoms with E-state index in [0.29, 0.717) is 0 Å². The van der Waals surface area contributed by atoms with Gasteiger partial charge >= 0.3 is 0 Å². The third kappa shape index (κ3) is 3.66. The molecule has 1 aliphatic rings. The van der Waals surface area contributed by atoms with Gasteiger partial charge in [-0.2, -0.15) is 0 Å². The van der Waals surface area contributed by atoms with Gasteiger partial charge in [0.25, 0.3) is 0 Å². The standard InChI is InChI=1S/C20H24N2O2/c1-15(22-12-11-16-7-5-6-10-18(16)13-22)20(24)21-19(14-23)17-8-3-2-4-9-17/h2-10,15,19,23H,11-14H2,1H3,(H,21,24). The number of fused-ring (bicyclic) bond motifs is 1. The fourth-order valence-electron chi connectivity index (χ4n) is 3.23. The van der Waals surface area contributed by atoms with E-state index < -0.39 is 0 Å². The molecule has 24 heavy (non-hydrogen) atoms. The minimum absolute atomic E-state index is 0.0442. The normalized spacial score (nSPS) is 16.9. The van der Waals surface area contributed by atoms with Gasteiger partial charge in [0.2, 0.25) is 5.91 Å². The molecule has 4 nitrogen and oxygen atoms in total. The molecule has 2 unspecified atom stereocenters. The van der Waals surface area contributed by atoms with Crippen molar-refractivity contribution in [1.29, 1.82) is 0 Å². The SMILES string of the molecule is CC(C(=O)NC(CO)c1ccccc1)N1CCc2ccccc2C1. The van der Waals surface area contributed by atoms with Crippen LogP contribution in [0.15, 0.2) is 54.6 Å². The Hall–Kier alpha value is -2.17. The first-order valence-corrected chi connectivity index (χ1v) is 8.46. The predicted octanol–water partition coefficient (Wildman–Crippen LogP) is 2.28. The van der Waals surface area contributed by atoms with Crippen LogP contribution in [0.3, 0.4) is 0 Å². The van der Waals surface area contributed by atoms with E-state index in [1.165, 1.54) is 11.1 Å². The van der Waals surface area contributed by atoms with Gasteiger partial charge in [0, 0.05) is 13.1 Å². The van der Waals surface area contributed by atoms with Crippen LogP contribution in [-0.2, 0) is 17.8 Å². The summed E-state index contributed by atoms with van der Waals surface area (Å²) in [4.78, 5) is 14.8. The van der Waals surface area contributed by atoms with E-state index >= 15 is 0 Å². The Morgan fingerprint density at radius 2 is 1.79 bits per heavy atom. The van der Waals surface area contributed by atoms with Crippen molar-refractivity contribution >= 4 is 5.91 Å². The van der Waals surface area contributed by atoms with Crippen molar-refractivity contribution in [2.24, 2.45) is 0 Å². The second-order valence-corrected chi connectivity index (χ2v) is 6.32. The topological polar surface area (TPSA) is 52.6 Å². The molecular formula is C20H24N2O2. The Morgan fingerprint density at radius 3 is 2.50 bits per heavy atom. The first-order valence-electron chi connectivity index (χ1n) is 8.46. The summed E-state index contributed by atoms with van der Waals surface area (Å²) in [6.45, 7) is 3.49. The van der Waals surface area contributed by atoms with Crippen LogP contribution in [0.2, 0.25) is 0 Å². The summed E-state index contributed by atoms with van der Waals surface area (Å²) in [6.07, 6.45) is 0.968. The summed E-state index contributed by atoms with van der Waals surface area (Å²) in [7, 11) is 0. The second-order valence-electron chi connectivity index (χ2n) is 6.32. The maximum Gasteiger partial charge on any atom is 0.237 e. The molecule has 2 N–H and O–H groups in total. The average molecular weight is 324 g/mol. The summed E-state index contributed by atoms with van der Waals surface area (Å²) in [5, 5.41) is 12.6. The maximum atomic E-state index is 12.6. The molecular weight excluding hydrogens is 300 g/mol. The predicted molar refractivity (Wildman–Crippen MR) is 94.4 cm³/mol. The molecule has 1 heterocycles. The van der Waals surface area contributed by atoms with Gasteiger partial charge in [0.05, 0.1) is 18.7 Å². The van der Waals surface area contributed by atoms with E-state index in [1.807, 2.05) is 43.3 Å². The van der Waals surface area contributed by atoms with Crippen LogP contribution in [0, 0.1) is 0 Å². The Labute approximate surface area is 143 Å². The molecule has 0 saturated heterocycles. The molecule has 0 radical (unpaired) electrons. The number of rotatable bonds is 5. The number of nitrogens with zero attached hydrogens (tertiary/aromatic N) is 1. The molecule has 3 rings (SSSR count). The van der Waals surface area contributed by atoms with E-state index in [2.05, 4.69) is 28.4 Å². The Kier molecular flexibility index (Phi) is 5.28. The van der Waals surface area contributed by atoms with Gasteiger partial charge in [-0.3, -0.25) is 9.69 Å². The van der Waals surface area contributed by atoms with Crippen LogP contribution >= 0.6 is 0 Å². The molecule has 4 heteroatoms. The number of nitrogens with one attached hydrogen (secondary N) is 1.